The van der Waals surface area contributed by atoms with Crippen LogP contribution in [-0.4, -0.2) is 13.1 Å². The Morgan fingerprint density at radius 1 is 0.808 bits per heavy atom. The lowest BCUT2D eigenvalue weighted by atomic mass is 9.92. The smallest absolute Gasteiger partial charge is 0.308 e. The number of methoxy groups -OCH3 is 1. The van der Waals surface area contributed by atoms with Crippen LogP contribution in [0.4, 0.5) is 0 Å². The fourth-order valence-corrected chi connectivity index (χ4v) is 3.95. The van der Waals surface area contributed by atoms with Crippen molar-refractivity contribution in [3.63, 3.8) is 0 Å². The Kier molecular flexibility index (Phi) is 6.88. The lowest BCUT2D eigenvalue weighted by molar-refractivity contribution is -0.145. The molecule has 0 radical (unpaired) electrons. The summed E-state index contributed by atoms with van der Waals surface area (Å²) in [6, 6.07) is 17.7. The maximum atomic E-state index is 12.1. The zero-order valence-corrected chi connectivity index (χ0v) is 15.9. The number of ether oxygens (including phenoxy) is 1. The molecule has 2 aromatic rings. The minimum atomic E-state index is -0.0463. The van der Waals surface area contributed by atoms with Crippen LogP contribution in [-0.2, 0) is 22.4 Å². The molecule has 1 aliphatic carbocycles. The first-order valence-corrected chi connectivity index (χ1v) is 10.0. The highest BCUT2D eigenvalue weighted by molar-refractivity contribution is 5.72. The quantitative estimate of drug-likeness (QED) is 0.592. The molecule has 2 heteroatoms. The predicted molar refractivity (Wildman–Crippen MR) is 107 cm³/mol. The Morgan fingerprint density at radius 2 is 1.42 bits per heavy atom. The fourth-order valence-electron chi connectivity index (χ4n) is 3.95. The Balaban J connectivity index is 1.83. The molecule has 0 aliphatic heterocycles. The Labute approximate surface area is 157 Å². The van der Waals surface area contributed by atoms with E-state index in [4.69, 9.17) is 4.74 Å². The number of rotatable bonds is 1. The van der Waals surface area contributed by atoms with Gasteiger partial charge in [-0.15, -0.1) is 0 Å². The summed E-state index contributed by atoms with van der Waals surface area (Å²) < 4.78 is 5.04. The van der Waals surface area contributed by atoms with Crippen LogP contribution < -0.4 is 0 Å². The van der Waals surface area contributed by atoms with Gasteiger partial charge in [0.2, 0.25) is 0 Å². The molecule has 26 heavy (non-hydrogen) atoms. The summed E-state index contributed by atoms with van der Waals surface area (Å²) in [5.41, 5.74) is 5.30. The molecule has 2 nitrogen and oxygen atoms in total. The van der Waals surface area contributed by atoms with E-state index < -0.39 is 0 Å². The standard InChI is InChI=1S/C24H30O2/c1-26-24(25)21-12-6-4-2-3-5-9-19-10-7-13-22(17-19)23-14-8-11-20(18-23)15-16-21/h7-8,10-11,13-14,17-18,21H,2-6,9,12,15-16H2,1H3. The van der Waals surface area contributed by atoms with Crippen molar-refractivity contribution >= 4 is 5.97 Å². The van der Waals surface area contributed by atoms with Gasteiger partial charge in [-0.25, -0.2) is 0 Å². The first-order valence-electron chi connectivity index (χ1n) is 10.0. The summed E-state index contributed by atoms with van der Waals surface area (Å²) >= 11 is 0. The molecule has 3 rings (SSSR count). The van der Waals surface area contributed by atoms with Gasteiger partial charge in [0.15, 0.2) is 0 Å². The van der Waals surface area contributed by atoms with Crippen LogP contribution in [0.1, 0.15) is 56.1 Å². The van der Waals surface area contributed by atoms with E-state index in [0.29, 0.717) is 0 Å². The molecular formula is C24H30O2. The molecule has 0 fully saturated rings. The van der Waals surface area contributed by atoms with Crippen LogP contribution in [0.2, 0.25) is 0 Å². The number of carbonyl (C=O) groups is 1. The van der Waals surface area contributed by atoms with E-state index in [1.54, 1.807) is 0 Å². The van der Waals surface area contributed by atoms with Crippen LogP contribution in [0.25, 0.3) is 11.1 Å². The average Bonchev–Trinajstić information content (AvgIpc) is 2.68. The molecule has 1 atom stereocenters. The SMILES string of the molecule is COC(=O)C1CCCCCCCc2cccc(c2)-c2cccc(c2)CC1. The number of esters is 1. The van der Waals surface area contributed by atoms with Crippen molar-refractivity contribution in [2.45, 2.75) is 57.8 Å². The van der Waals surface area contributed by atoms with Crippen LogP contribution >= 0.6 is 0 Å². The van der Waals surface area contributed by atoms with Crippen molar-refractivity contribution < 1.29 is 9.53 Å². The van der Waals surface area contributed by atoms with Crippen molar-refractivity contribution in [3.8, 4) is 11.1 Å². The second kappa shape index (κ2) is 9.56. The summed E-state index contributed by atoms with van der Waals surface area (Å²) in [6.07, 6.45) is 9.99. The van der Waals surface area contributed by atoms with E-state index in [1.165, 1.54) is 55.0 Å². The van der Waals surface area contributed by atoms with E-state index in [9.17, 15) is 4.79 Å². The molecule has 0 aromatic heterocycles. The maximum Gasteiger partial charge on any atom is 0.308 e. The molecule has 2 aromatic carbocycles. The van der Waals surface area contributed by atoms with Crippen LogP contribution in [0.15, 0.2) is 48.5 Å². The molecule has 1 unspecified atom stereocenters. The number of hydrogen-bond donors (Lipinski definition) is 0. The second-order valence-corrected chi connectivity index (χ2v) is 7.47. The zero-order chi connectivity index (χ0) is 18.2. The lowest BCUT2D eigenvalue weighted by Gasteiger charge is -2.15. The number of benzene rings is 2. The van der Waals surface area contributed by atoms with Gasteiger partial charge in [0.25, 0.3) is 0 Å². The van der Waals surface area contributed by atoms with Crippen LogP contribution in [0.5, 0.6) is 0 Å². The molecule has 0 saturated carbocycles. The van der Waals surface area contributed by atoms with E-state index >= 15 is 0 Å². The highest BCUT2D eigenvalue weighted by Crippen LogP contribution is 2.25. The molecule has 0 amide bonds. The Hall–Kier alpha value is -2.09. The monoisotopic (exact) mass is 350 g/mol. The predicted octanol–water partition coefficient (Wildman–Crippen LogP) is 5.97. The van der Waals surface area contributed by atoms with E-state index in [2.05, 4.69) is 48.5 Å². The summed E-state index contributed by atoms with van der Waals surface area (Å²) in [5.74, 6) is -0.0186. The average molecular weight is 351 g/mol. The Morgan fingerprint density at radius 3 is 2.12 bits per heavy atom. The molecule has 0 spiro atoms. The summed E-state index contributed by atoms with van der Waals surface area (Å²) in [5, 5.41) is 0. The van der Waals surface area contributed by atoms with Gasteiger partial charge in [-0.2, -0.15) is 0 Å². The second-order valence-electron chi connectivity index (χ2n) is 7.47. The highest BCUT2D eigenvalue weighted by Gasteiger charge is 2.18. The van der Waals surface area contributed by atoms with Gasteiger partial charge in [-0.1, -0.05) is 74.2 Å². The Bertz CT molecular complexity index is 720. The summed E-state index contributed by atoms with van der Waals surface area (Å²) in [7, 11) is 1.51. The molecule has 1 aliphatic rings. The van der Waals surface area contributed by atoms with Gasteiger partial charge in [0, 0.05) is 0 Å². The van der Waals surface area contributed by atoms with E-state index in [0.717, 1.165) is 32.1 Å². The summed E-state index contributed by atoms with van der Waals surface area (Å²) in [6.45, 7) is 0. The number of fused-ring (bicyclic) bond motifs is 5. The van der Waals surface area contributed by atoms with Crippen molar-refractivity contribution in [2.24, 2.45) is 5.92 Å². The van der Waals surface area contributed by atoms with E-state index in [1.807, 2.05) is 0 Å². The third-order valence-corrected chi connectivity index (χ3v) is 5.52. The minimum Gasteiger partial charge on any atom is -0.469 e. The molecule has 0 N–H and O–H groups in total. The molecule has 4 bridgehead atoms. The van der Waals surface area contributed by atoms with Crippen LogP contribution in [0, 0.1) is 5.92 Å². The summed E-state index contributed by atoms with van der Waals surface area (Å²) in [4.78, 5) is 12.1. The lowest BCUT2D eigenvalue weighted by Crippen LogP contribution is -2.17. The molecular weight excluding hydrogens is 320 g/mol. The van der Waals surface area contributed by atoms with Crippen molar-refractivity contribution in [2.75, 3.05) is 7.11 Å². The highest BCUT2D eigenvalue weighted by atomic mass is 16.5. The van der Waals surface area contributed by atoms with Gasteiger partial charge < -0.3 is 4.74 Å². The molecule has 0 saturated heterocycles. The number of aryl methyl sites for hydroxylation is 2. The third kappa shape index (κ3) is 5.20. The van der Waals surface area contributed by atoms with Gasteiger partial charge >= 0.3 is 5.97 Å². The third-order valence-electron chi connectivity index (χ3n) is 5.52. The van der Waals surface area contributed by atoms with E-state index in [-0.39, 0.29) is 11.9 Å². The van der Waals surface area contributed by atoms with Gasteiger partial charge in [0.05, 0.1) is 13.0 Å². The topological polar surface area (TPSA) is 26.3 Å². The molecule has 0 heterocycles. The van der Waals surface area contributed by atoms with Gasteiger partial charge in [0.1, 0.15) is 0 Å². The maximum absolute atomic E-state index is 12.1. The van der Waals surface area contributed by atoms with Crippen molar-refractivity contribution in [1.29, 1.82) is 0 Å². The zero-order valence-electron chi connectivity index (χ0n) is 15.9. The molecule has 138 valence electrons. The van der Waals surface area contributed by atoms with Crippen molar-refractivity contribution in [3.05, 3.63) is 59.7 Å². The normalized spacial score (nSPS) is 18.9. The minimum absolute atomic E-state index is 0.0277. The first kappa shape index (κ1) is 18.7. The van der Waals surface area contributed by atoms with Crippen molar-refractivity contribution in [1.82, 2.24) is 0 Å². The number of hydrogen-bond acceptors (Lipinski definition) is 2. The largest absolute Gasteiger partial charge is 0.469 e. The number of carbonyl (C=O) groups excluding carboxylic acids is 1. The van der Waals surface area contributed by atoms with Gasteiger partial charge in [-0.05, 0) is 54.4 Å². The van der Waals surface area contributed by atoms with Crippen LogP contribution in [0.3, 0.4) is 0 Å². The van der Waals surface area contributed by atoms with Gasteiger partial charge in [-0.3, -0.25) is 4.79 Å². The fraction of sp³-hybridized carbons (Fsp3) is 0.458. The first-order chi connectivity index (χ1) is 12.8.